The van der Waals surface area contributed by atoms with Crippen LogP contribution in [0.25, 0.3) is 0 Å². The van der Waals surface area contributed by atoms with Crippen molar-refractivity contribution in [1.82, 2.24) is 0 Å². The van der Waals surface area contributed by atoms with Gasteiger partial charge in [0.25, 0.3) is 11.7 Å². The van der Waals surface area contributed by atoms with E-state index in [0.29, 0.717) is 16.9 Å². The average Bonchev–Trinajstić information content (AvgIpc) is 2.62. The van der Waals surface area contributed by atoms with Gasteiger partial charge >= 0.3 is 11.9 Å². The van der Waals surface area contributed by atoms with Crippen LogP contribution in [0, 0.1) is 13.8 Å². The number of hydrogen-bond donors (Lipinski definition) is 2. The molecule has 3 rings (SSSR count). The molecule has 2 N–H and O–H groups in total. The fourth-order valence-corrected chi connectivity index (χ4v) is 2.76. The number of esters is 2. The first-order valence-electron chi connectivity index (χ1n) is 9.07. The van der Waals surface area contributed by atoms with Crippen molar-refractivity contribution in [3.8, 4) is 0 Å². The number of cyclic esters (lactones) is 2. The molecule has 0 spiro atoms. The van der Waals surface area contributed by atoms with E-state index < -0.39 is 17.7 Å². The average molecular weight is 394 g/mol. The lowest BCUT2D eigenvalue weighted by atomic mass is 10.1. The third-order valence-corrected chi connectivity index (χ3v) is 4.27. The van der Waals surface area contributed by atoms with Gasteiger partial charge in [-0.3, -0.25) is 4.79 Å². The summed E-state index contributed by atoms with van der Waals surface area (Å²) in [6.45, 7) is 6.75. The van der Waals surface area contributed by atoms with E-state index in [1.54, 1.807) is 24.3 Å². The van der Waals surface area contributed by atoms with Gasteiger partial charge in [-0.05, 0) is 43.7 Å². The smallest absolute Gasteiger partial charge is 0.350 e. The first-order chi connectivity index (χ1) is 13.6. The largest absolute Gasteiger partial charge is 0.419 e. The van der Waals surface area contributed by atoms with Crippen molar-refractivity contribution in [3.63, 3.8) is 0 Å². The molecule has 1 amide bonds. The highest BCUT2D eigenvalue weighted by molar-refractivity contribution is 6.15. The highest BCUT2D eigenvalue weighted by atomic mass is 16.7. The van der Waals surface area contributed by atoms with E-state index in [-0.39, 0.29) is 11.5 Å². The van der Waals surface area contributed by atoms with Gasteiger partial charge in [-0.25, -0.2) is 9.59 Å². The SMILES string of the molecule is Cc1cccc(C(=O)Nc2cc(NC=C3C(=O)OC(C)(C)OC3=O)ccc2C)c1. The van der Waals surface area contributed by atoms with Crippen LogP contribution >= 0.6 is 0 Å². The van der Waals surface area contributed by atoms with Crippen LogP contribution in [-0.2, 0) is 19.1 Å². The number of ether oxygens (including phenoxy) is 2. The Balaban J connectivity index is 1.76. The molecule has 1 saturated heterocycles. The van der Waals surface area contributed by atoms with Crippen LogP contribution in [0.3, 0.4) is 0 Å². The molecule has 0 atom stereocenters. The van der Waals surface area contributed by atoms with Gasteiger partial charge in [0, 0.05) is 37.0 Å². The molecular weight excluding hydrogens is 372 g/mol. The summed E-state index contributed by atoms with van der Waals surface area (Å²) in [5, 5.41) is 5.75. The highest BCUT2D eigenvalue weighted by Crippen LogP contribution is 2.24. The van der Waals surface area contributed by atoms with E-state index in [9.17, 15) is 14.4 Å². The summed E-state index contributed by atoms with van der Waals surface area (Å²) in [4.78, 5) is 36.5. The van der Waals surface area contributed by atoms with E-state index in [2.05, 4.69) is 10.6 Å². The maximum Gasteiger partial charge on any atom is 0.350 e. The van der Waals surface area contributed by atoms with Gasteiger partial charge in [0.1, 0.15) is 0 Å². The molecule has 0 saturated carbocycles. The third-order valence-electron chi connectivity index (χ3n) is 4.27. The molecule has 0 aromatic heterocycles. The zero-order valence-corrected chi connectivity index (χ0v) is 16.7. The molecule has 0 unspecified atom stereocenters. The van der Waals surface area contributed by atoms with Gasteiger partial charge in [0.05, 0.1) is 0 Å². The number of aryl methyl sites for hydroxylation is 2. The summed E-state index contributed by atoms with van der Waals surface area (Å²) in [5.74, 6) is -3.05. The Morgan fingerprint density at radius 1 is 1.00 bits per heavy atom. The number of carbonyl (C=O) groups is 3. The minimum atomic E-state index is -1.29. The second kappa shape index (κ2) is 7.79. The van der Waals surface area contributed by atoms with Crippen LogP contribution in [0.1, 0.15) is 35.3 Å². The highest BCUT2D eigenvalue weighted by Gasteiger charge is 2.38. The number of hydrogen-bond acceptors (Lipinski definition) is 6. The summed E-state index contributed by atoms with van der Waals surface area (Å²) >= 11 is 0. The molecule has 0 radical (unpaired) electrons. The predicted molar refractivity (Wildman–Crippen MR) is 108 cm³/mol. The summed E-state index contributed by atoms with van der Waals surface area (Å²) in [6, 6.07) is 12.6. The van der Waals surface area contributed by atoms with Crippen LogP contribution in [0.15, 0.2) is 54.2 Å². The fraction of sp³-hybridized carbons (Fsp3) is 0.227. The quantitative estimate of drug-likeness (QED) is 0.467. The molecule has 1 aliphatic rings. The van der Waals surface area contributed by atoms with Crippen molar-refractivity contribution in [2.24, 2.45) is 0 Å². The zero-order chi connectivity index (χ0) is 21.2. The molecule has 7 nitrogen and oxygen atoms in total. The lowest BCUT2D eigenvalue weighted by Gasteiger charge is -2.29. The molecule has 1 heterocycles. The second-order valence-electron chi connectivity index (χ2n) is 7.23. The zero-order valence-electron chi connectivity index (χ0n) is 16.7. The molecule has 1 fully saturated rings. The first kappa shape index (κ1) is 20.1. The maximum absolute atomic E-state index is 12.5. The normalized spacial score (nSPS) is 15.2. The van der Waals surface area contributed by atoms with Crippen molar-refractivity contribution < 1.29 is 23.9 Å². The number of nitrogens with one attached hydrogen (secondary N) is 2. The van der Waals surface area contributed by atoms with Crippen molar-refractivity contribution in [3.05, 3.63) is 70.9 Å². The Morgan fingerprint density at radius 2 is 1.69 bits per heavy atom. The maximum atomic E-state index is 12.5. The van der Waals surface area contributed by atoms with E-state index >= 15 is 0 Å². The Bertz CT molecular complexity index is 1000. The molecule has 0 aliphatic carbocycles. The Hall–Kier alpha value is -3.61. The van der Waals surface area contributed by atoms with Crippen molar-refractivity contribution in [2.75, 3.05) is 10.6 Å². The van der Waals surface area contributed by atoms with E-state index in [4.69, 9.17) is 9.47 Å². The second-order valence-corrected chi connectivity index (χ2v) is 7.23. The number of anilines is 2. The predicted octanol–water partition coefficient (Wildman–Crippen LogP) is 3.69. The number of amides is 1. The Labute approximate surface area is 168 Å². The third kappa shape index (κ3) is 4.82. The van der Waals surface area contributed by atoms with Crippen LogP contribution in [-0.4, -0.2) is 23.6 Å². The van der Waals surface area contributed by atoms with Gasteiger partial charge in [-0.2, -0.15) is 0 Å². The summed E-state index contributed by atoms with van der Waals surface area (Å²) < 4.78 is 10.1. The van der Waals surface area contributed by atoms with Crippen molar-refractivity contribution >= 4 is 29.2 Å². The lowest BCUT2D eigenvalue weighted by molar-refractivity contribution is -0.222. The molecule has 1 aliphatic heterocycles. The topological polar surface area (TPSA) is 93.7 Å². The first-order valence-corrected chi connectivity index (χ1v) is 9.07. The summed E-state index contributed by atoms with van der Waals surface area (Å²) in [5.41, 5.74) is 3.35. The summed E-state index contributed by atoms with van der Waals surface area (Å²) in [7, 11) is 0. The Kier molecular flexibility index (Phi) is 5.41. The van der Waals surface area contributed by atoms with Gasteiger partial charge in [0.15, 0.2) is 5.57 Å². The van der Waals surface area contributed by atoms with E-state index in [1.165, 1.54) is 20.0 Å². The van der Waals surface area contributed by atoms with Crippen LogP contribution < -0.4 is 10.6 Å². The number of benzene rings is 2. The molecular formula is C22H22N2O5. The fourth-order valence-electron chi connectivity index (χ4n) is 2.76. The minimum absolute atomic E-state index is 0.228. The summed E-state index contributed by atoms with van der Waals surface area (Å²) in [6.07, 6.45) is 1.23. The van der Waals surface area contributed by atoms with Crippen LogP contribution in [0.4, 0.5) is 11.4 Å². The van der Waals surface area contributed by atoms with Gasteiger partial charge in [-0.1, -0.05) is 23.8 Å². The van der Waals surface area contributed by atoms with Gasteiger partial charge in [-0.15, -0.1) is 0 Å². The Morgan fingerprint density at radius 3 is 2.34 bits per heavy atom. The molecule has 2 aromatic rings. The number of rotatable bonds is 4. The monoisotopic (exact) mass is 394 g/mol. The van der Waals surface area contributed by atoms with Gasteiger partial charge < -0.3 is 20.1 Å². The van der Waals surface area contributed by atoms with Gasteiger partial charge in [0.2, 0.25) is 0 Å². The van der Waals surface area contributed by atoms with E-state index in [0.717, 1.165) is 11.1 Å². The minimum Gasteiger partial charge on any atom is -0.419 e. The van der Waals surface area contributed by atoms with Crippen molar-refractivity contribution in [1.29, 1.82) is 0 Å². The van der Waals surface area contributed by atoms with Crippen LogP contribution in [0.2, 0.25) is 0 Å². The van der Waals surface area contributed by atoms with E-state index in [1.807, 2.05) is 32.0 Å². The molecule has 150 valence electrons. The lowest BCUT2D eigenvalue weighted by Crippen LogP contribution is -2.42. The molecule has 29 heavy (non-hydrogen) atoms. The molecule has 0 bridgehead atoms. The molecule has 2 aromatic carbocycles. The standard InChI is InChI=1S/C22H22N2O5/c1-13-6-5-7-15(10-13)19(25)24-18-11-16(9-8-14(18)2)23-12-17-20(26)28-22(3,4)29-21(17)27/h5-12,23H,1-4H3,(H,24,25). The number of carbonyl (C=O) groups excluding carboxylic acids is 3. The van der Waals surface area contributed by atoms with Crippen molar-refractivity contribution in [2.45, 2.75) is 33.5 Å². The van der Waals surface area contributed by atoms with Crippen LogP contribution in [0.5, 0.6) is 0 Å². The molecule has 7 heteroatoms.